The Kier molecular flexibility index (Phi) is 4.86. The topological polar surface area (TPSA) is 0 Å². The molecule has 0 fully saturated rings. The number of hydrogen-bond donors (Lipinski definition) is 0. The van der Waals surface area contributed by atoms with Gasteiger partial charge >= 0.3 is 0 Å². The summed E-state index contributed by atoms with van der Waals surface area (Å²) in [6, 6.07) is 0. The van der Waals surface area contributed by atoms with Crippen LogP contribution in [0.15, 0.2) is 21.5 Å². The molecular formula is C13H26Si. The van der Waals surface area contributed by atoms with Crippen molar-refractivity contribution in [2.75, 3.05) is 0 Å². The number of hydrogen-bond acceptors (Lipinski definition) is 0. The van der Waals surface area contributed by atoms with Crippen LogP contribution in [0, 0.1) is 0 Å². The third kappa shape index (κ3) is 2.84. The molecule has 1 heteroatoms. The van der Waals surface area contributed by atoms with Crippen molar-refractivity contribution in [1.82, 2.24) is 0 Å². The molecule has 0 aliphatic carbocycles. The lowest BCUT2D eigenvalue weighted by Crippen LogP contribution is -2.31. The van der Waals surface area contributed by atoms with E-state index in [-0.39, 0.29) is 0 Å². The van der Waals surface area contributed by atoms with Crippen LogP contribution in [0.4, 0.5) is 0 Å². The van der Waals surface area contributed by atoms with Gasteiger partial charge in [-0.3, -0.25) is 0 Å². The van der Waals surface area contributed by atoms with Gasteiger partial charge in [-0.25, -0.2) is 0 Å². The molecule has 0 aromatic carbocycles. The minimum atomic E-state index is -1.30. The van der Waals surface area contributed by atoms with Gasteiger partial charge < -0.3 is 0 Å². The molecule has 0 atom stereocenters. The van der Waals surface area contributed by atoms with Crippen molar-refractivity contribution >= 4 is 8.07 Å². The molecule has 0 aliphatic heterocycles. The molecule has 14 heavy (non-hydrogen) atoms. The predicted octanol–water partition coefficient (Wildman–Crippen LogP) is 4.88. The third-order valence-corrected chi connectivity index (χ3v) is 8.47. The second-order valence-electron chi connectivity index (χ2n) is 5.01. The van der Waals surface area contributed by atoms with Crippen molar-refractivity contribution in [3.8, 4) is 0 Å². The summed E-state index contributed by atoms with van der Waals surface area (Å²) in [5, 5.41) is 3.31. The van der Waals surface area contributed by atoms with Gasteiger partial charge in [0.05, 0.1) is 0 Å². The Bertz CT molecular complexity index is 263. The lowest BCUT2D eigenvalue weighted by atomic mass is 10.2. The molecule has 0 heterocycles. The summed E-state index contributed by atoms with van der Waals surface area (Å²) >= 11 is 0. The molecule has 0 rings (SSSR count). The minimum Gasteiger partial charge on any atom is -0.0810 e. The predicted molar refractivity (Wildman–Crippen MR) is 70.2 cm³/mol. The summed E-state index contributed by atoms with van der Waals surface area (Å²) in [5.74, 6) is 0. The molecule has 0 nitrogen and oxygen atoms in total. The van der Waals surface area contributed by atoms with Crippen LogP contribution in [0.2, 0.25) is 13.1 Å². The van der Waals surface area contributed by atoms with Crippen molar-refractivity contribution in [2.45, 2.75) is 61.1 Å². The highest BCUT2D eigenvalue weighted by atomic mass is 28.3. The van der Waals surface area contributed by atoms with Gasteiger partial charge in [0.25, 0.3) is 0 Å². The molecule has 0 saturated heterocycles. The Morgan fingerprint density at radius 3 is 1.57 bits per heavy atom. The van der Waals surface area contributed by atoms with E-state index in [0.717, 1.165) is 0 Å². The van der Waals surface area contributed by atoms with Gasteiger partial charge in [0.15, 0.2) is 0 Å². The zero-order valence-corrected chi connectivity index (χ0v) is 12.2. The van der Waals surface area contributed by atoms with Crippen LogP contribution in [0.25, 0.3) is 0 Å². The molecule has 0 aromatic rings. The molecule has 0 saturated carbocycles. The van der Waals surface area contributed by atoms with Gasteiger partial charge in [0, 0.05) is 0 Å². The van der Waals surface area contributed by atoms with Crippen LogP contribution in [-0.2, 0) is 0 Å². The van der Waals surface area contributed by atoms with E-state index in [9.17, 15) is 0 Å². The van der Waals surface area contributed by atoms with E-state index in [1.54, 1.807) is 16.0 Å². The maximum atomic E-state index is 2.46. The Hall–Kier alpha value is -0.303. The van der Waals surface area contributed by atoms with E-state index in [1.807, 2.05) is 0 Å². The van der Waals surface area contributed by atoms with E-state index >= 15 is 0 Å². The summed E-state index contributed by atoms with van der Waals surface area (Å²) in [4.78, 5) is 0. The minimum absolute atomic E-state index is 1.19. The van der Waals surface area contributed by atoms with Crippen molar-refractivity contribution in [1.29, 1.82) is 0 Å². The molecular weight excluding hydrogens is 184 g/mol. The summed E-state index contributed by atoms with van der Waals surface area (Å²) in [6.45, 7) is 18.6. The van der Waals surface area contributed by atoms with E-state index < -0.39 is 8.07 Å². The van der Waals surface area contributed by atoms with Gasteiger partial charge in [-0.15, -0.1) is 0 Å². The lowest BCUT2D eigenvalue weighted by Gasteiger charge is -2.28. The van der Waals surface area contributed by atoms with Crippen LogP contribution < -0.4 is 0 Å². The standard InChI is InChI=1S/C13H26Si/c1-9-11(4)13(6)14(7,8)12(5)10(2)3/h9H2,1-8H3. The van der Waals surface area contributed by atoms with Crippen LogP contribution in [0.5, 0.6) is 0 Å². The summed E-state index contributed by atoms with van der Waals surface area (Å²) < 4.78 is 0. The monoisotopic (exact) mass is 210 g/mol. The summed E-state index contributed by atoms with van der Waals surface area (Å²) in [7, 11) is -1.30. The number of rotatable bonds is 3. The fourth-order valence-electron chi connectivity index (χ4n) is 1.70. The molecule has 0 aliphatic rings. The molecule has 0 unspecified atom stereocenters. The average Bonchev–Trinajstić information content (AvgIpc) is 2.13. The highest BCUT2D eigenvalue weighted by Gasteiger charge is 2.26. The van der Waals surface area contributed by atoms with E-state index in [1.165, 1.54) is 12.0 Å². The van der Waals surface area contributed by atoms with Crippen LogP contribution in [0.1, 0.15) is 48.0 Å². The highest BCUT2D eigenvalue weighted by Crippen LogP contribution is 2.28. The van der Waals surface area contributed by atoms with E-state index in [4.69, 9.17) is 0 Å². The van der Waals surface area contributed by atoms with Gasteiger partial charge in [-0.05, 0) is 41.0 Å². The first kappa shape index (κ1) is 13.7. The zero-order chi connectivity index (χ0) is 11.5. The van der Waals surface area contributed by atoms with E-state index in [0.29, 0.717) is 0 Å². The van der Waals surface area contributed by atoms with Crippen molar-refractivity contribution in [3.63, 3.8) is 0 Å². The van der Waals surface area contributed by atoms with Crippen LogP contribution in [-0.4, -0.2) is 8.07 Å². The van der Waals surface area contributed by atoms with Gasteiger partial charge in [-0.2, -0.15) is 0 Å². The number of allylic oxidation sites excluding steroid dienone is 4. The first-order valence-electron chi connectivity index (χ1n) is 5.56. The summed E-state index contributed by atoms with van der Waals surface area (Å²) in [5.41, 5.74) is 3.09. The average molecular weight is 210 g/mol. The Morgan fingerprint density at radius 2 is 1.29 bits per heavy atom. The van der Waals surface area contributed by atoms with Crippen LogP contribution in [0.3, 0.4) is 0 Å². The molecule has 82 valence electrons. The molecule has 0 aromatic heterocycles. The normalized spacial score (nSPS) is 13.7. The lowest BCUT2D eigenvalue weighted by molar-refractivity contribution is 1.07. The van der Waals surface area contributed by atoms with Gasteiger partial charge in [0.1, 0.15) is 8.07 Å². The highest BCUT2D eigenvalue weighted by molar-refractivity contribution is 6.90. The summed E-state index contributed by atoms with van der Waals surface area (Å²) in [6.07, 6.45) is 1.19. The molecule has 0 spiro atoms. The van der Waals surface area contributed by atoms with Crippen molar-refractivity contribution in [3.05, 3.63) is 21.5 Å². The second kappa shape index (κ2) is 4.97. The first-order chi connectivity index (χ1) is 6.25. The largest absolute Gasteiger partial charge is 0.102 e. The second-order valence-corrected chi connectivity index (χ2v) is 9.76. The maximum Gasteiger partial charge on any atom is 0.102 e. The molecule has 0 amide bonds. The third-order valence-electron chi connectivity index (χ3n) is 3.80. The molecule has 0 bridgehead atoms. The Morgan fingerprint density at radius 1 is 0.857 bits per heavy atom. The Balaban J connectivity index is 5.28. The molecule has 0 N–H and O–H groups in total. The zero-order valence-electron chi connectivity index (χ0n) is 11.2. The fourth-order valence-corrected chi connectivity index (χ4v) is 4.76. The van der Waals surface area contributed by atoms with E-state index in [2.05, 4.69) is 54.6 Å². The van der Waals surface area contributed by atoms with Crippen molar-refractivity contribution in [2.24, 2.45) is 0 Å². The SMILES string of the molecule is CCC(C)=C(C)[Si](C)(C)C(C)=C(C)C. The smallest absolute Gasteiger partial charge is 0.0810 e. The van der Waals surface area contributed by atoms with Crippen LogP contribution >= 0.6 is 0 Å². The quantitative estimate of drug-likeness (QED) is 0.583. The van der Waals surface area contributed by atoms with Crippen molar-refractivity contribution < 1.29 is 0 Å². The fraction of sp³-hybridized carbons (Fsp3) is 0.692. The first-order valence-corrected chi connectivity index (χ1v) is 8.56. The van der Waals surface area contributed by atoms with Gasteiger partial charge in [0.2, 0.25) is 0 Å². The Labute approximate surface area is 91.1 Å². The molecule has 0 radical (unpaired) electrons. The van der Waals surface area contributed by atoms with Gasteiger partial charge in [-0.1, -0.05) is 41.6 Å². The maximum absolute atomic E-state index is 2.46.